The molecular weight excluding hydrogens is 226 g/mol. The van der Waals surface area contributed by atoms with Crippen molar-refractivity contribution in [2.45, 2.75) is 0 Å². The van der Waals surface area contributed by atoms with Crippen molar-refractivity contribution in [1.29, 1.82) is 0 Å². The van der Waals surface area contributed by atoms with Gasteiger partial charge in [0.05, 0.1) is 17.3 Å². The van der Waals surface area contributed by atoms with E-state index in [9.17, 15) is 9.90 Å². The van der Waals surface area contributed by atoms with E-state index < -0.39 is 0 Å². The Labute approximate surface area is 104 Å². The van der Waals surface area contributed by atoms with Gasteiger partial charge < -0.3 is 5.11 Å². The zero-order valence-electron chi connectivity index (χ0n) is 9.58. The van der Waals surface area contributed by atoms with Crippen LogP contribution in [0.4, 0.5) is 0 Å². The number of phenols is 1. The number of aliphatic imine (C=N–C) groups is 1. The van der Waals surface area contributed by atoms with Crippen LogP contribution >= 0.6 is 0 Å². The first-order valence-corrected chi connectivity index (χ1v) is 5.72. The van der Waals surface area contributed by atoms with Crippen LogP contribution in [0.2, 0.25) is 0 Å². The number of carbonyl (C=O) groups excluding carboxylic acids is 1. The van der Waals surface area contributed by atoms with Crippen LogP contribution in [0.15, 0.2) is 59.6 Å². The van der Waals surface area contributed by atoms with Crippen LogP contribution in [-0.2, 0) is 4.79 Å². The molecule has 3 nitrogen and oxygen atoms in total. The van der Waals surface area contributed by atoms with Crippen LogP contribution < -0.4 is 0 Å². The Hall–Kier alpha value is -2.42. The number of rotatable bonds is 1. The van der Waals surface area contributed by atoms with Crippen molar-refractivity contribution < 1.29 is 9.90 Å². The van der Waals surface area contributed by atoms with Crippen molar-refractivity contribution in [3.63, 3.8) is 0 Å². The topological polar surface area (TPSA) is 49.7 Å². The number of allylic oxidation sites excluding steroid dienone is 5. The van der Waals surface area contributed by atoms with E-state index in [2.05, 4.69) is 4.99 Å². The molecule has 1 aromatic rings. The minimum atomic E-state index is -0.240. The molecule has 0 spiro atoms. The summed E-state index contributed by atoms with van der Waals surface area (Å²) in [5.74, 6) is 0.00653. The number of hydrogen-bond acceptors (Lipinski definition) is 3. The molecule has 1 atom stereocenters. The highest BCUT2D eigenvalue weighted by Gasteiger charge is 2.24. The molecule has 0 amide bonds. The Bertz CT molecular complexity index is 618. The van der Waals surface area contributed by atoms with Gasteiger partial charge in [0.1, 0.15) is 5.75 Å². The quantitative estimate of drug-likeness (QED) is 0.815. The van der Waals surface area contributed by atoms with Crippen LogP contribution in [0.3, 0.4) is 0 Å². The zero-order chi connectivity index (χ0) is 12.5. The van der Waals surface area contributed by atoms with Gasteiger partial charge in [-0.1, -0.05) is 18.2 Å². The monoisotopic (exact) mass is 237 g/mol. The van der Waals surface area contributed by atoms with Gasteiger partial charge in [-0.05, 0) is 30.3 Å². The van der Waals surface area contributed by atoms with Crippen molar-refractivity contribution >= 4 is 17.2 Å². The summed E-state index contributed by atoms with van der Waals surface area (Å²) in [4.78, 5) is 16.5. The molecule has 0 aromatic heterocycles. The van der Waals surface area contributed by atoms with Crippen LogP contribution in [0.5, 0.6) is 5.75 Å². The fourth-order valence-corrected chi connectivity index (χ4v) is 2.06. The van der Waals surface area contributed by atoms with Gasteiger partial charge in [-0.15, -0.1) is 0 Å². The Morgan fingerprint density at radius 3 is 2.67 bits per heavy atom. The minimum absolute atomic E-state index is 0.0451. The number of benzene rings is 1. The Morgan fingerprint density at radius 1 is 1.11 bits per heavy atom. The molecule has 18 heavy (non-hydrogen) atoms. The van der Waals surface area contributed by atoms with Gasteiger partial charge in [-0.2, -0.15) is 0 Å². The maximum absolute atomic E-state index is 12.0. The second-order valence-electron chi connectivity index (χ2n) is 4.24. The third-order valence-electron chi connectivity index (χ3n) is 3.00. The molecule has 2 aliphatic rings. The van der Waals surface area contributed by atoms with Gasteiger partial charge in [-0.25, -0.2) is 0 Å². The number of nitrogens with zero attached hydrogens (tertiary/aromatic N) is 1. The molecule has 1 N–H and O–H groups in total. The molecule has 1 heterocycles. The molecule has 0 fully saturated rings. The number of carbonyl (C=O) groups is 1. The number of fused-ring (bicyclic) bond motifs is 1. The van der Waals surface area contributed by atoms with E-state index in [1.165, 1.54) is 0 Å². The minimum Gasteiger partial charge on any atom is -0.508 e. The van der Waals surface area contributed by atoms with Gasteiger partial charge in [0.25, 0.3) is 0 Å². The smallest absolute Gasteiger partial charge is 0.170 e. The molecule has 0 saturated carbocycles. The van der Waals surface area contributed by atoms with E-state index in [-0.39, 0.29) is 17.5 Å². The van der Waals surface area contributed by atoms with Crippen LogP contribution in [0.1, 0.15) is 5.56 Å². The van der Waals surface area contributed by atoms with Crippen molar-refractivity contribution in [2.24, 2.45) is 10.9 Å². The molecule has 0 radical (unpaired) electrons. The lowest BCUT2D eigenvalue weighted by atomic mass is 9.90. The SMILES string of the molecule is O=C1C=C(c2ccc(O)cc2)N=C2C=CC=CC12. The van der Waals surface area contributed by atoms with E-state index in [1.54, 1.807) is 30.3 Å². The number of phenolic OH excluding ortho intramolecular Hbond substituents is 1. The number of aromatic hydroxyl groups is 1. The maximum atomic E-state index is 12.0. The Balaban J connectivity index is 2.02. The highest BCUT2D eigenvalue weighted by Crippen LogP contribution is 2.26. The molecule has 3 heteroatoms. The second-order valence-corrected chi connectivity index (χ2v) is 4.24. The van der Waals surface area contributed by atoms with Gasteiger partial charge in [0.2, 0.25) is 0 Å². The third kappa shape index (κ3) is 1.80. The van der Waals surface area contributed by atoms with Crippen molar-refractivity contribution in [1.82, 2.24) is 0 Å². The van der Waals surface area contributed by atoms with Crippen molar-refractivity contribution in [3.05, 3.63) is 60.2 Å². The highest BCUT2D eigenvalue weighted by atomic mass is 16.3. The van der Waals surface area contributed by atoms with Gasteiger partial charge in [0.15, 0.2) is 5.78 Å². The predicted octanol–water partition coefficient (Wildman–Crippen LogP) is 2.50. The van der Waals surface area contributed by atoms with E-state index in [0.29, 0.717) is 5.70 Å². The third-order valence-corrected chi connectivity index (χ3v) is 3.00. The molecule has 1 aliphatic heterocycles. The van der Waals surface area contributed by atoms with Crippen molar-refractivity contribution in [3.8, 4) is 5.75 Å². The summed E-state index contributed by atoms with van der Waals surface area (Å²) >= 11 is 0. The summed E-state index contributed by atoms with van der Waals surface area (Å²) in [6.07, 6.45) is 9.01. The predicted molar refractivity (Wildman–Crippen MR) is 70.3 cm³/mol. The summed E-state index contributed by atoms with van der Waals surface area (Å²) in [5, 5.41) is 9.25. The Kier molecular flexibility index (Phi) is 2.45. The van der Waals surface area contributed by atoms with Gasteiger partial charge in [0, 0.05) is 11.6 Å². The van der Waals surface area contributed by atoms with Gasteiger partial charge in [-0.3, -0.25) is 9.79 Å². The largest absolute Gasteiger partial charge is 0.508 e. The summed E-state index contributed by atoms with van der Waals surface area (Å²) < 4.78 is 0. The fraction of sp³-hybridized carbons (Fsp3) is 0.0667. The van der Waals surface area contributed by atoms with Crippen molar-refractivity contribution in [2.75, 3.05) is 0 Å². The average molecular weight is 237 g/mol. The maximum Gasteiger partial charge on any atom is 0.170 e. The fourth-order valence-electron chi connectivity index (χ4n) is 2.06. The standard InChI is InChI=1S/C15H11NO2/c17-11-7-5-10(6-8-11)14-9-15(18)12-3-1-2-4-13(12)16-14/h1-9,12,17H. The van der Waals surface area contributed by atoms with Crippen LogP contribution in [-0.4, -0.2) is 16.6 Å². The first-order chi connectivity index (χ1) is 8.74. The normalized spacial score (nSPS) is 21.3. The molecular formula is C15H11NO2. The van der Waals surface area contributed by atoms with E-state index in [0.717, 1.165) is 11.3 Å². The summed E-state index contributed by atoms with van der Waals surface area (Å²) in [5.41, 5.74) is 2.24. The lowest BCUT2D eigenvalue weighted by molar-refractivity contribution is -0.115. The number of hydrogen-bond donors (Lipinski definition) is 1. The Morgan fingerprint density at radius 2 is 1.89 bits per heavy atom. The molecule has 1 unspecified atom stereocenters. The van der Waals surface area contributed by atoms with E-state index in [1.807, 2.05) is 24.3 Å². The average Bonchev–Trinajstić information content (AvgIpc) is 2.39. The van der Waals surface area contributed by atoms with E-state index in [4.69, 9.17) is 0 Å². The van der Waals surface area contributed by atoms with E-state index >= 15 is 0 Å². The molecule has 1 aromatic carbocycles. The first kappa shape index (κ1) is 10.7. The van der Waals surface area contributed by atoms with Gasteiger partial charge >= 0.3 is 0 Å². The molecule has 3 rings (SSSR count). The van der Waals surface area contributed by atoms with Crippen LogP contribution in [0.25, 0.3) is 5.70 Å². The molecule has 0 bridgehead atoms. The molecule has 0 saturated heterocycles. The summed E-state index contributed by atoms with van der Waals surface area (Å²) in [7, 11) is 0. The lowest BCUT2D eigenvalue weighted by Gasteiger charge is -2.18. The zero-order valence-corrected chi connectivity index (χ0v) is 9.58. The first-order valence-electron chi connectivity index (χ1n) is 5.72. The highest BCUT2D eigenvalue weighted by molar-refractivity contribution is 6.21. The number of ketones is 1. The van der Waals surface area contributed by atoms with Crippen LogP contribution in [0, 0.1) is 5.92 Å². The lowest BCUT2D eigenvalue weighted by Crippen LogP contribution is -2.24. The second kappa shape index (κ2) is 4.11. The molecule has 1 aliphatic carbocycles. The summed E-state index contributed by atoms with van der Waals surface area (Å²) in [6, 6.07) is 6.68. The molecule has 88 valence electrons. The summed E-state index contributed by atoms with van der Waals surface area (Å²) in [6.45, 7) is 0.